The number of ether oxygens (including phenoxy) is 1. The number of benzene rings is 2. The molecular weight excluding hydrogens is 246 g/mol. The van der Waals surface area contributed by atoms with Crippen molar-refractivity contribution in [3.8, 4) is 5.75 Å². The molecule has 2 nitrogen and oxygen atoms in total. The van der Waals surface area contributed by atoms with E-state index >= 15 is 0 Å². The zero-order chi connectivity index (χ0) is 14.1. The number of fused-ring (bicyclic) bond motifs is 1. The minimum Gasteiger partial charge on any atom is -0.493 e. The summed E-state index contributed by atoms with van der Waals surface area (Å²) >= 11 is 0. The van der Waals surface area contributed by atoms with Gasteiger partial charge in [-0.05, 0) is 54.8 Å². The minimum atomic E-state index is 0.237. The van der Waals surface area contributed by atoms with Crippen LogP contribution < -0.4 is 10.1 Å². The molecule has 0 saturated carbocycles. The lowest BCUT2D eigenvalue weighted by molar-refractivity contribution is 0.357. The van der Waals surface area contributed by atoms with Crippen LogP contribution in [0.1, 0.15) is 33.9 Å². The molecule has 0 spiro atoms. The van der Waals surface area contributed by atoms with Crippen LogP contribution in [0.4, 0.5) is 0 Å². The van der Waals surface area contributed by atoms with Gasteiger partial charge in [0.05, 0.1) is 12.6 Å². The first-order valence-electron chi connectivity index (χ1n) is 7.19. The van der Waals surface area contributed by atoms with E-state index in [0.717, 1.165) is 18.8 Å². The van der Waals surface area contributed by atoms with Crippen molar-refractivity contribution in [1.29, 1.82) is 0 Å². The third kappa shape index (κ3) is 2.20. The molecule has 20 heavy (non-hydrogen) atoms. The highest BCUT2D eigenvalue weighted by Crippen LogP contribution is 2.32. The van der Waals surface area contributed by atoms with E-state index in [2.05, 4.69) is 55.6 Å². The van der Waals surface area contributed by atoms with Crippen LogP contribution in [-0.2, 0) is 6.42 Å². The summed E-state index contributed by atoms with van der Waals surface area (Å²) < 4.78 is 5.59. The molecule has 1 aliphatic rings. The average molecular weight is 267 g/mol. The molecule has 2 heteroatoms. The van der Waals surface area contributed by atoms with E-state index in [1.807, 2.05) is 7.05 Å². The largest absolute Gasteiger partial charge is 0.493 e. The van der Waals surface area contributed by atoms with Crippen molar-refractivity contribution in [1.82, 2.24) is 5.32 Å². The fourth-order valence-corrected chi connectivity index (χ4v) is 2.97. The number of rotatable bonds is 3. The van der Waals surface area contributed by atoms with Gasteiger partial charge >= 0.3 is 0 Å². The van der Waals surface area contributed by atoms with Gasteiger partial charge in [0.15, 0.2) is 0 Å². The molecule has 1 heterocycles. The number of nitrogens with one attached hydrogen (secondary N) is 1. The summed E-state index contributed by atoms with van der Waals surface area (Å²) in [7, 11) is 2.02. The molecule has 1 N–H and O–H groups in total. The Kier molecular flexibility index (Phi) is 3.49. The van der Waals surface area contributed by atoms with E-state index in [-0.39, 0.29) is 6.04 Å². The molecule has 3 rings (SSSR count). The summed E-state index contributed by atoms with van der Waals surface area (Å²) in [6.45, 7) is 5.18. The van der Waals surface area contributed by atoms with Gasteiger partial charge in [-0.3, -0.25) is 0 Å². The van der Waals surface area contributed by atoms with Gasteiger partial charge in [0.1, 0.15) is 5.75 Å². The Morgan fingerprint density at radius 3 is 2.80 bits per heavy atom. The monoisotopic (exact) mass is 267 g/mol. The second-order valence-electron chi connectivity index (χ2n) is 5.48. The van der Waals surface area contributed by atoms with Crippen molar-refractivity contribution < 1.29 is 4.74 Å². The van der Waals surface area contributed by atoms with Gasteiger partial charge in [-0.15, -0.1) is 0 Å². The Bertz CT molecular complexity index is 633. The predicted molar refractivity (Wildman–Crippen MR) is 82.5 cm³/mol. The third-order valence-electron chi connectivity index (χ3n) is 4.29. The van der Waals surface area contributed by atoms with Crippen molar-refractivity contribution in [2.24, 2.45) is 0 Å². The van der Waals surface area contributed by atoms with Gasteiger partial charge in [0.2, 0.25) is 0 Å². The van der Waals surface area contributed by atoms with Crippen LogP contribution in [0, 0.1) is 13.8 Å². The quantitative estimate of drug-likeness (QED) is 0.918. The summed E-state index contributed by atoms with van der Waals surface area (Å²) in [5.41, 5.74) is 6.70. The summed E-state index contributed by atoms with van der Waals surface area (Å²) in [6.07, 6.45) is 1.02. The highest BCUT2D eigenvalue weighted by atomic mass is 16.5. The van der Waals surface area contributed by atoms with Gasteiger partial charge in [-0.25, -0.2) is 0 Å². The summed E-state index contributed by atoms with van der Waals surface area (Å²) in [5.74, 6) is 1.05. The molecule has 0 radical (unpaired) electrons. The van der Waals surface area contributed by atoms with Crippen LogP contribution in [0.15, 0.2) is 36.4 Å². The van der Waals surface area contributed by atoms with E-state index in [4.69, 9.17) is 4.74 Å². The first kappa shape index (κ1) is 13.2. The second kappa shape index (κ2) is 5.29. The molecule has 1 unspecified atom stereocenters. The molecule has 0 bridgehead atoms. The number of aryl methyl sites for hydroxylation is 1. The molecule has 0 saturated heterocycles. The van der Waals surface area contributed by atoms with Crippen LogP contribution in [0.5, 0.6) is 5.75 Å². The Morgan fingerprint density at radius 1 is 1.15 bits per heavy atom. The summed E-state index contributed by atoms with van der Waals surface area (Å²) in [6, 6.07) is 13.3. The van der Waals surface area contributed by atoms with E-state index in [1.165, 1.54) is 27.8 Å². The van der Waals surface area contributed by atoms with Crippen molar-refractivity contribution in [2.75, 3.05) is 13.7 Å². The third-order valence-corrected chi connectivity index (χ3v) is 4.29. The van der Waals surface area contributed by atoms with Gasteiger partial charge in [-0.1, -0.05) is 30.3 Å². The predicted octanol–water partition coefficient (Wildman–Crippen LogP) is 3.55. The van der Waals surface area contributed by atoms with E-state index in [9.17, 15) is 0 Å². The molecule has 1 aliphatic heterocycles. The van der Waals surface area contributed by atoms with Crippen LogP contribution in [-0.4, -0.2) is 13.7 Å². The van der Waals surface area contributed by atoms with Gasteiger partial charge in [0, 0.05) is 6.42 Å². The van der Waals surface area contributed by atoms with E-state index in [1.54, 1.807) is 0 Å². The molecule has 0 aromatic heterocycles. The van der Waals surface area contributed by atoms with Crippen LogP contribution in [0.2, 0.25) is 0 Å². The Morgan fingerprint density at radius 2 is 2.00 bits per heavy atom. The van der Waals surface area contributed by atoms with Crippen molar-refractivity contribution in [3.63, 3.8) is 0 Å². The molecule has 2 aromatic carbocycles. The second-order valence-corrected chi connectivity index (χ2v) is 5.48. The van der Waals surface area contributed by atoms with Crippen LogP contribution in [0.3, 0.4) is 0 Å². The maximum Gasteiger partial charge on any atom is 0.122 e. The first-order chi connectivity index (χ1) is 9.70. The fourth-order valence-electron chi connectivity index (χ4n) is 2.97. The zero-order valence-corrected chi connectivity index (χ0v) is 12.4. The van der Waals surface area contributed by atoms with Crippen LogP contribution in [0.25, 0.3) is 0 Å². The van der Waals surface area contributed by atoms with Crippen molar-refractivity contribution >= 4 is 0 Å². The van der Waals surface area contributed by atoms with E-state index in [0.29, 0.717) is 0 Å². The van der Waals surface area contributed by atoms with Gasteiger partial charge < -0.3 is 10.1 Å². The van der Waals surface area contributed by atoms with E-state index < -0.39 is 0 Å². The Balaban J connectivity index is 2.03. The lowest BCUT2D eigenvalue weighted by Crippen LogP contribution is -2.19. The molecular formula is C18H21NO. The lowest BCUT2D eigenvalue weighted by Gasteiger charge is -2.21. The Labute approximate surface area is 120 Å². The minimum absolute atomic E-state index is 0.237. The maximum absolute atomic E-state index is 5.59. The molecule has 2 aromatic rings. The fraction of sp³-hybridized carbons (Fsp3) is 0.333. The zero-order valence-electron chi connectivity index (χ0n) is 12.4. The lowest BCUT2D eigenvalue weighted by atomic mass is 9.92. The molecule has 1 atom stereocenters. The number of hydrogen-bond donors (Lipinski definition) is 1. The van der Waals surface area contributed by atoms with Crippen molar-refractivity contribution in [3.05, 3.63) is 64.2 Å². The average Bonchev–Trinajstić information content (AvgIpc) is 2.92. The molecule has 0 aliphatic carbocycles. The maximum atomic E-state index is 5.59. The first-order valence-corrected chi connectivity index (χ1v) is 7.19. The van der Waals surface area contributed by atoms with Gasteiger partial charge in [-0.2, -0.15) is 0 Å². The Hall–Kier alpha value is -1.80. The molecule has 0 fully saturated rings. The summed E-state index contributed by atoms with van der Waals surface area (Å²) in [4.78, 5) is 0. The SMILES string of the molecule is CNC(c1ccc2c(c1)CCO2)c1cccc(C)c1C. The molecule has 104 valence electrons. The van der Waals surface area contributed by atoms with Crippen molar-refractivity contribution in [2.45, 2.75) is 26.3 Å². The topological polar surface area (TPSA) is 21.3 Å². The smallest absolute Gasteiger partial charge is 0.122 e. The normalized spacial score (nSPS) is 14.8. The molecule has 0 amide bonds. The van der Waals surface area contributed by atoms with Crippen LogP contribution >= 0.6 is 0 Å². The number of hydrogen-bond acceptors (Lipinski definition) is 2. The highest BCUT2D eigenvalue weighted by molar-refractivity contribution is 5.45. The standard InChI is InChI=1S/C18H21NO/c1-12-5-4-6-16(13(12)2)18(19-3)15-7-8-17-14(11-15)9-10-20-17/h4-8,11,18-19H,9-10H2,1-3H3. The summed E-state index contributed by atoms with van der Waals surface area (Å²) in [5, 5.41) is 3.45. The van der Waals surface area contributed by atoms with Gasteiger partial charge in [0.25, 0.3) is 0 Å². The highest BCUT2D eigenvalue weighted by Gasteiger charge is 2.18.